The molecule has 0 aromatic heterocycles. The molecule has 2 amide bonds. The fourth-order valence-electron chi connectivity index (χ4n) is 4.44. The minimum absolute atomic E-state index is 0.0131. The van der Waals surface area contributed by atoms with Crippen molar-refractivity contribution in [2.45, 2.75) is 23.9 Å². The zero-order valence-corrected chi connectivity index (χ0v) is 25.7. The first-order valence-corrected chi connectivity index (χ1v) is 15.5. The lowest BCUT2D eigenvalue weighted by Gasteiger charge is -2.33. The van der Waals surface area contributed by atoms with Crippen LogP contribution in [-0.2, 0) is 32.6 Å². The lowest BCUT2D eigenvalue weighted by molar-refractivity contribution is -0.139. The molecule has 0 aliphatic rings. The average molecular weight is 645 g/mol. The summed E-state index contributed by atoms with van der Waals surface area (Å²) in [4.78, 5) is 28.9. The third-order valence-electron chi connectivity index (χ3n) is 6.59. The van der Waals surface area contributed by atoms with Crippen molar-refractivity contribution in [3.63, 3.8) is 0 Å². The van der Waals surface area contributed by atoms with E-state index in [0.29, 0.717) is 10.6 Å². The molecule has 1 N–H and O–H groups in total. The van der Waals surface area contributed by atoms with Crippen LogP contribution in [0.25, 0.3) is 0 Å². The topological polar surface area (TPSA) is 86.8 Å². The molecule has 0 radical (unpaired) electrons. The van der Waals surface area contributed by atoms with Crippen molar-refractivity contribution >= 4 is 62.3 Å². The molecule has 0 saturated heterocycles. The highest BCUT2D eigenvalue weighted by Crippen LogP contribution is 2.31. The van der Waals surface area contributed by atoms with Crippen molar-refractivity contribution in [3.8, 4) is 0 Å². The Kier molecular flexibility index (Phi) is 10.5. The second kappa shape index (κ2) is 14.1. The number of para-hydroxylation sites is 1. The molecule has 4 aromatic rings. The Morgan fingerprint density at radius 1 is 0.762 bits per heavy atom. The summed E-state index contributed by atoms with van der Waals surface area (Å²) in [5, 5.41) is 3.41. The zero-order chi connectivity index (χ0) is 30.3. The van der Waals surface area contributed by atoms with Crippen LogP contribution < -0.4 is 9.62 Å². The molecule has 11 heteroatoms. The van der Waals surface area contributed by atoms with E-state index in [9.17, 15) is 18.0 Å². The number of carbonyl (C=O) groups excluding carboxylic acids is 2. The van der Waals surface area contributed by atoms with Crippen molar-refractivity contribution in [1.82, 2.24) is 10.2 Å². The molecule has 7 nitrogen and oxygen atoms in total. The maximum Gasteiger partial charge on any atom is 0.264 e. The monoisotopic (exact) mass is 643 g/mol. The number of sulfonamides is 1. The van der Waals surface area contributed by atoms with Gasteiger partial charge in [-0.2, -0.15) is 0 Å². The quantitative estimate of drug-likeness (QED) is 0.210. The van der Waals surface area contributed by atoms with Gasteiger partial charge in [0, 0.05) is 20.0 Å². The summed E-state index contributed by atoms with van der Waals surface area (Å²) < 4.78 is 28.8. The van der Waals surface area contributed by atoms with Gasteiger partial charge in [-0.25, -0.2) is 8.42 Å². The molecule has 218 valence electrons. The summed E-state index contributed by atoms with van der Waals surface area (Å²) in [6.07, 6.45) is 0.186. The second-order valence-corrected chi connectivity index (χ2v) is 12.4. The molecule has 4 aromatic carbocycles. The highest BCUT2D eigenvalue weighted by atomic mass is 35.5. The maximum atomic E-state index is 14.3. The van der Waals surface area contributed by atoms with Crippen molar-refractivity contribution in [2.24, 2.45) is 0 Å². The van der Waals surface area contributed by atoms with Gasteiger partial charge < -0.3 is 10.2 Å². The van der Waals surface area contributed by atoms with Crippen molar-refractivity contribution in [1.29, 1.82) is 0 Å². The van der Waals surface area contributed by atoms with E-state index in [1.807, 2.05) is 30.3 Å². The van der Waals surface area contributed by atoms with Crippen LogP contribution in [0.4, 0.5) is 5.69 Å². The number of nitrogens with one attached hydrogen (secondary N) is 1. The van der Waals surface area contributed by atoms with Gasteiger partial charge in [0.25, 0.3) is 10.0 Å². The SMILES string of the molecule is CNC(=O)C(Cc1ccccc1)N(Cc1ccc(Cl)c(Cl)c1)C(=O)CN(c1ccccc1Cl)S(=O)(=O)c1ccccc1. The third kappa shape index (κ3) is 7.44. The summed E-state index contributed by atoms with van der Waals surface area (Å²) in [5.41, 5.74) is 1.55. The number of amides is 2. The summed E-state index contributed by atoms with van der Waals surface area (Å²) in [7, 11) is -2.75. The Labute approximate surface area is 260 Å². The van der Waals surface area contributed by atoms with E-state index in [0.717, 1.165) is 9.87 Å². The molecule has 0 spiro atoms. The van der Waals surface area contributed by atoms with Crippen molar-refractivity contribution in [2.75, 3.05) is 17.9 Å². The van der Waals surface area contributed by atoms with Crippen molar-refractivity contribution in [3.05, 3.63) is 129 Å². The first-order valence-electron chi connectivity index (χ1n) is 12.9. The van der Waals surface area contributed by atoms with Crippen LogP contribution in [0.5, 0.6) is 0 Å². The molecule has 1 atom stereocenters. The first-order chi connectivity index (χ1) is 20.1. The molecule has 0 heterocycles. The fourth-order valence-corrected chi connectivity index (χ4v) is 6.50. The number of halogens is 3. The van der Waals surface area contributed by atoms with E-state index in [4.69, 9.17) is 34.8 Å². The van der Waals surface area contributed by atoms with E-state index in [2.05, 4.69) is 5.32 Å². The van der Waals surface area contributed by atoms with Gasteiger partial charge in [-0.05, 0) is 47.5 Å². The number of nitrogens with zero attached hydrogens (tertiary/aromatic N) is 2. The molecule has 4 rings (SSSR count). The van der Waals surface area contributed by atoms with Crippen LogP contribution in [0, 0.1) is 0 Å². The number of carbonyl (C=O) groups is 2. The molecule has 1 unspecified atom stereocenters. The smallest absolute Gasteiger partial charge is 0.264 e. The third-order valence-corrected chi connectivity index (χ3v) is 9.42. The van der Waals surface area contributed by atoms with Gasteiger partial charge in [0.05, 0.1) is 25.7 Å². The maximum absolute atomic E-state index is 14.3. The average Bonchev–Trinajstić information content (AvgIpc) is 3.00. The van der Waals surface area contributed by atoms with Crippen molar-refractivity contribution < 1.29 is 18.0 Å². The van der Waals surface area contributed by atoms with Crippen LogP contribution in [0.3, 0.4) is 0 Å². The van der Waals surface area contributed by atoms with Crippen LogP contribution >= 0.6 is 34.8 Å². The Morgan fingerprint density at radius 3 is 2.00 bits per heavy atom. The lowest BCUT2D eigenvalue weighted by Crippen LogP contribution is -2.53. The molecule has 0 aliphatic carbocycles. The summed E-state index contributed by atoms with van der Waals surface area (Å²) in [5.74, 6) is -1.03. The van der Waals surface area contributed by atoms with E-state index in [1.165, 1.54) is 30.1 Å². The summed E-state index contributed by atoms with van der Waals surface area (Å²) in [6, 6.07) is 27.3. The van der Waals surface area contributed by atoms with Gasteiger partial charge in [0.2, 0.25) is 11.8 Å². The van der Waals surface area contributed by atoms with Gasteiger partial charge in [-0.15, -0.1) is 0 Å². The van der Waals surface area contributed by atoms with Gasteiger partial charge in [0.1, 0.15) is 12.6 Å². The highest BCUT2D eigenvalue weighted by molar-refractivity contribution is 7.92. The summed E-state index contributed by atoms with van der Waals surface area (Å²) in [6.45, 7) is -0.660. The molecule has 0 fully saturated rings. The fraction of sp³-hybridized carbons (Fsp3) is 0.161. The molecule has 0 saturated carbocycles. The van der Waals surface area contributed by atoms with Gasteiger partial charge in [-0.3, -0.25) is 13.9 Å². The van der Waals surface area contributed by atoms with E-state index >= 15 is 0 Å². The van der Waals surface area contributed by atoms with Crippen LogP contribution in [0.15, 0.2) is 108 Å². The Hall–Kier alpha value is -3.56. The Morgan fingerprint density at radius 2 is 1.38 bits per heavy atom. The predicted octanol–water partition coefficient (Wildman–Crippen LogP) is 6.23. The largest absolute Gasteiger partial charge is 0.357 e. The molecule has 0 aliphatic heterocycles. The van der Waals surface area contributed by atoms with Crippen LogP contribution in [0.2, 0.25) is 15.1 Å². The predicted molar refractivity (Wildman–Crippen MR) is 167 cm³/mol. The number of likely N-dealkylation sites (N-methyl/N-ethyl adjacent to an activating group) is 1. The Bertz CT molecular complexity index is 1650. The standard InChI is InChI=1S/C31H28Cl3N3O4S/c1-35-31(39)29(19-22-10-4-2-5-11-22)36(20-23-16-17-25(32)27(34)18-23)30(38)21-37(28-15-9-8-14-26(28)33)42(40,41)24-12-6-3-7-13-24/h2-18,29H,19-21H2,1H3,(H,35,39). The van der Waals surface area contributed by atoms with Crippen LogP contribution in [-0.4, -0.2) is 44.8 Å². The molecular formula is C31H28Cl3N3O4S. The number of benzene rings is 4. The minimum Gasteiger partial charge on any atom is -0.357 e. The molecule has 42 heavy (non-hydrogen) atoms. The summed E-state index contributed by atoms with van der Waals surface area (Å²) >= 11 is 18.8. The highest BCUT2D eigenvalue weighted by Gasteiger charge is 2.35. The number of anilines is 1. The van der Waals surface area contributed by atoms with E-state index in [1.54, 1.807) is 54.6 Å². The van der Waals surface area contributed by atoms with E-state index in [-0.39, 0.29) is 33.6 Å². The number of hydrogen-bond donors (Lipinski definition) is 1. The van der Waals surface area contributed by atoms with E-state index < -0.39 is 34.4 Å². The normalized spacial score (nSPS) is 11.9. The number of hydrogen-bond acceptors (Lipinski definition) is 4. The Balaban J connectivity index is 1.80. The minimum atomic E-state index is -4.24. The lowest BCUT2D eigenvalue weighted by atomic mass is 10.0. The number of rotatable bonds is 11. The van der Waals surface area contributed by atoms with Gasteiger partial charge in [-0.1, -0.05) is 102 Å². The molecule has 0 bridgehead atoms. The first kappa shape index (κ1) is 31.4. The zero-order valence-electron chi connectivity index (χ0n) is 22.6. The van der Waals surface area contributed by atoms with Gasteiger partial charge >= 0.3 is 0 Å². The van der Waals surface area contributed by atoms with Crippen LogP contribution in [0.1, 0.15) is 11.1 Å². The van der Waals surface area contributed by atoms with Gasteiger partial charge in [0.15, 0.2) is 0 Å². The second-order valence-electron chi connectivity index (χ2n) is 9.37. The molecular weight excluding hydrogens is 617 g/mol.